The van der Waals surface area contributed by atoms with E-state index in [4.69, 9.17) is 14.2 Å². The number of ether oxygens (including phenoxy) is 3. The van der Waals surface area contributed by atoms with Gasteiger partial charge in [0, 0.05) is 10.0 Å². The number of aryl methyl sites for hydroxylation is 2. The van der Waals surface area contributed by atoms with Crippen molar-refractivity contribution in [2.45, 2.75) is 20.5 Å². The summed E-state index contributed by atoms with van der Waals surface area (Å²) in [6, 6.07) is 10.1. The molecule has 0 bridgehead atoms. The Morgan fingerprint density at radius 3 is 2.29 bits per heavy atom. The summed E-state index contributed by atoms with van der Waals surface area (Å²) in [4.78, 5) is 0. The van der Waals surface area contributed by atoms with E-state index in [1.807, 2.05) is 25.1 Å². The first-order valence-electron chi connectivity index (χ1n) is 6.65. The Balaban J connectivity index is 2.27. The fraction of sp³-hybridized carbons (Fsp3) is 0.294. The molecule has 0 N–H and O–H groups in total. The van der Waals surface area contributed by atoms with E-state index < -0.39 is 0 Å². The lowest BCUT2D eigenvalue weighted by Gasteiger charge is -2.15. The first kappa shape index (κ1) is 15.7. The van der Waals surface area contributed by atoms with Crippen LogP contribution in [0.1, 0.15) is 16.7 Å². The van der Waals surface area contributed by atoms with Crippen LogP contribution in [0.15, 0.2) is 34.8 Å². The summed E-state index contributed by atoms with van der Waals surface area (Å²) >= 11 is 3.55. The minimum atomic E-state index is 0.464. The lowest BCUT2D eigenvalue weighted by Crippen LogP contribution is -2.01. The second-order valence-corrected chi connectivity index (χ2v) is 5.74. The van der Waals surface area contributed by atoms with Crippen LogP contribution in [0.25, 0.3) is 0 Å². The van der Waals surface area contributed by atoms with Gasteiger partial charge in [-0.2, -0.15) is 0 Å². The molecule has 0 saturated carbocycles. The molecule has 0 fully saturated rings. The van der Waals surface area contributed by atoms with E-state index in [9.17, 15) is 0 Å². The predicted octanol–water partition coefficient (Wildman–Crippen LogP) is 4.66. The van der Waals surface area contributed by atoms with Crippen LogP contribution in [0.4, 0.5) is 0 Å². The molecule has 2 rings (SSSR count). The van der Waals surface area contributed by atoms with Gasteiger partial charge < -0.3 is 14.2 Å². The highest BCUT2D eigenvalue weighted by atomic mass is 79.9. The van der Waals surface area contributed by atoms with Crippen molar-refractivity contribution in [3.63, 3.8) is 0 Å². The van der Waals surface area contributed by atoms with Gasteiger partial charge in [-0.05, 0) is 37.6 Å². The zero-order chi connectivity index (χ0) is 15.4. The molecule has 0 spiro atoms. The molecule has 0 amide bonds. The first-order valence-corrected chi connectivity index (χ1v) is 7.45. The van der Waals surface area contributed by atoms with Gasteiger partial charge in [-0.15, -0.1) is 0 Å². The van der Waals surface area contributed by atoms with Crippen molar-refractivity contribution in [3.8, 4) is 17.2 Å². The summed E-state index contributed by atoms with van der Waals surface area (Å²) in [5.74, 6) is 1.98. The molecule has 21 heavy (non-hydrogen) atoms. The minimum absolute atomic E-state index is 0.464. The molecule has 112 valence electrons. The zero-order valence-corrected chi connectivity index (χ0v) is 14.3. The number of halogens is 1. The van der Waals surface area contributed by atoms with Gasteiger partial charge in [-0.1, -0.05) is 33.6 Å². The van der Waals surface area contributed by atoms with Crippen molar-refractivity contribution in [2.75, 3.05) is 14.2 Å². The van der Waals surface area contributed by atoms with Crippen molar-refractivity contribution in [1.29, 1.82) is 0 Å². The normalized spacial score (nSPS) is 10.3. The largest absolute Gasteiger partial charge is 0.493 e. The van der Waals surface area contributed by atoms with Crippen LogP contribution in [0.2, 0.25) is 0 Å². The van der Waals surface area contributed by atoms with Gasteiger partial charge in [0.05, 0.1) is 14.2 Å². The SMILES string of the molecule is COc1cc(C)cc(OCc2cc(C)ccc2Br)c1OC. The van der Waals surface area contributed by atoms with Crippen molar-refractivity contribution in [2.24, 2.45) is 0 Å². The summed E-state index contributed by atoms with van der Waals surface area (Å²) in [7, 11) is 3.24. The molecule has 0 saturated heterocycles. The topological polar surface area (TPSA) is 27.7 Å². The highest BCUT2D eigenvalue weighted by Gasteiger charge is 2.13. The highest BCUT2D eigenvalue weighted by Crippen LogP contribution is 2.38. The third-order valence-corrected chi connectivity index (χ3v) is 3.95. The highest BCUT2D eigenvalue weighted by molar-refractivity contribution is 9.10. The number of hydrogen-bond acceptors (Lipinski definition) is 3. The number of hydrogen-bond donors (Lipinski definition) is 0. The van der Waals surface area contributed by atoms with Crippen LogP contribution in [-0.2, 0) is 6.61 Å². The molecular formula is C17H19BrO3. The van der Waals surface area contributed by atoms with Gasteiger partial charge in [0.1, 0.15) is 6.61 Å². The van der Waals surface area contributed by atoms with Crippen molar-refractivity contribution in [1.82, 2.24) is 0 Å². The van der Waals surface area contributed by atoms with Crippen molar-refractivity contribution in [3.05, 3.63) is 51.5 Å². The quantitative estimate of drug-likeness (QED) is 0.784. The van der Waals surface area contributed by atoms with Gasteiger partial charge in [0.25, 0.3) is 0 Å². The molecule has 2 aromatic carbocycles. The van der Waals surface area contributed by atoms with E-state index in [1.165, 1.54) is 5.56 Å². The Morgan fingerprint density at radius 2 is 1.62 bits per heavy atom. The summed E-state index contributed by atoms with van der Waals surface area (Å²) < 4.78 is 17.7. The van der Waals surface area contributed by atoms with Gasteiger partial charge in [-0.25, -0.2) is 0 Å². The summed E-state index contributed by atoms with van der Waals surface area (Å²) in [6.45, 7) is 4.52. The molecular weight excluding hydrogens is 332 g/mol. The lowest BCUT2D eigenvalue weighted by molar-refractivity contribution is 0.274. The molecule has 0 atom stereocenters. The Labute approximate surface area is 134 Å². The van der Waals surface area contributed by atoms with E-state index in [1.54, 1.807) is 14.2 Å². The van der Waals surface area contributed by atoms with Crippen LogP contribution < -0.4 is 14.2 Å². The molecule has 0 aliphatic heterocycles. The van der Waals surface area contributed by atoms with E-state index in [0.29, 0.717) is 23.9 Å². The van der Waals surface area contributed by atoms with Crippen LogP contribution in [-0.4, -0.2) is 14.2 Å². The first-order chi connectivity index (χ1) is 10.0. The second-order valence-electron chi connectivity index (χ2n) is 4.88. The van der Waals surface area contributed by atoms with Gasteiger partial charge in [0.15, 0.2) is 11.5 Å². The maximum absolute atomic E-state index is 5.94. The lowest BCUT2D eigenvalue weighted by atomic mass is 10.1. The number of methoxy groups -OCH3 is 2. The third kappa shape index (κ3) is 3.70. The van der Waals surface area contributed by atoms with Crippen LogP contribution >= 0.6 is 15.9 Å². The molecule has 2 aromatic rings. The summed E-state index contributed by atoms with van der Waals surface area (Å²) in [6.07, 6.45) is 0. The maximum Gasteiger partial charge on any atom is 0.203 e. The van der Waals surface area contributed by atoms with Gasteiger partial charge in [0.2, 0.25) is 5.75 Å². The molecule has 4 heteroatoms. The second kappa shape index (κ2) is 6.85. The zero-order valence-electron chi connectivity index (χ0n) is 12.7. The Bertz CT molecular complexity index is 638. The Morgan fingerprint density at radius 1 is 0.905 bits per heavy atom. The van der Waals surface area contributed by atoms with E-state index >= 15 is 0 Å². The van der Waals surface area contributed by atoms with Crippen molar-refractivity contribution >= 4 is 15.9 Å². The molecule has 0 heterocycles. The van der Waals surface area contributed by atoms with Gasteiger partial charge in [-0.3, -0.25) is 0 Å². The fourth-order valence-corrected chi connectivity index (χ4v) is 2.50. The Hall–Kier alpha value is -1.68. The fourth-order valence-electron chi connectivity index (χ4n) is 2.14. The number of benzene rings is 2. The third-order valence-electron chi connectivity index (χ3n) is 3.17. The number of rotatable bonds is 5. The van der Waals surface area contributed by atoms with Crippen LogP contribution in [0.3, 0.4) is 0 Å². The summed E-state index contributed by atoms with van der Waals surface area (Å²) in [5.41, 5.74) is 3.36. The maximum atomic E-state index is 5.94. The molecule has 0 radical (unpaired) electrons. The van der Waals surface area contributed by atoms with E-state index in [-0.39, 0.29) is 0 Å². The smallest absolute Gasteiger partial charge is 0.203 e. The van der Waals surface area contributed by atoms with Crippen molar-refractivity contribution < 1.29 is 14.2 Å². The minimum Gasteiger partial charge on any atom is -0.493 e. The average Bonchev–Trinajstić information content (AvgIpc) is 2.47. The monoisotopic (exact) mass is 350 g/mol. The average molecular weight is 351 g/mol. The molecule has 0 aromatic heterocycles. The molecule has 0 aliphatic carbocycles. The van der Waals surface area contributed by atoms with Gasteiger partial charge >= 0.3 is 0 Å². The molecule has 0 aliphatic rings. The summed E-state index contributed by atoms with van der Waals surface area (Å²) in [5, 5.41) is 0. The van der Waals surface area contributed by atoms with E-state index in [0.717, 1.165) is 15.6 Å². The van der Waals surface area contributed by atoms with E-state index in [2.05, 4.69) is 35.0 Å². The van der Waals surface area contributed by atoms with Crippen LogP contribution in [0, 0.1) is 13.8 Å². The van der Waals surface area contributed by atoms with Crippen LogP contribution in [0.5, 0.6) is 17.2 Å². The standard InChI is InChI=1S/C17H19BrO3/c1-11-5-6-14(18)13(7-11)10-21-16-9-12(2)8-15(19-3)17(16)20-4/h5-9H,10H2,1-4H3. The molecule has 3 nitrogen and oxygen atoms in total. The Kier molecular flexibility index (Phi) is 5.12. The predicted molar refractivity (Wildman–Crippen MR) is 87.5 cm³/mol. The molecule has 0 unspecified atom stereocenters.